The fraction of sp³-hybridized carbons (Fsp3) is 0.292. The minimum absolute atomic E-state index is 0.0700. The molecule has 2 aromatic carbocycles. The van der Waals surface area contributed by atoms with Crippen molar-refractivity contribution < 1.29 is 18.4 Å². The van der Waals surface area contributed by atoms with Crippen molar-refractivity contribution in [2.75, 3.05) is 42.5 Å². The first-order chi connectivity index (χ1) is 16.0. The first-order valence-corrected chi connectivity index (χ1v) is 10.9. The van der Waals surface area contributed by atoms with E-state index in [2.05, 4.69) is 4.98 Å². The fourth-order valence-electron chi connectivity index (χ4n) is 4.52. The maximum Gasteiger partial charge on any atom is 0.228 e. The SMILES string of the molecule is O=C(C1CC(=O)N(c2cccc(F)c2)C1)N1CCN(c2nccn2-c2ccccc2F)CC1. The molecular formula is C24H23F2N5O2. The minimum atomic E-state index is -0.451. The van der Waals surface area contributed by atoms with Crippen molar-refractivity contribution in [1.82, 2.24) is 14.5 Å². The van der Waals surface area contributed by atoms with Gasteiger partial charge in [0.05, 0.1) is 11.6 Å². The van der Waals surface area contributed by atoms with Crippen molar-refractivity contribution in [1.29, 1.82) is 0 Å². The lowest BCUT2D eigenvalue weighted by atomic mass is 10.1. The molecule has 2 amide bonds. The van der Waals surface area contributed by atoms with E-state index in [9.17, 15) is 18.4 Å². The van der Waals surface area contributed by atoms with E-state index in [1.807, 2.05) is 4.90 Å². The van der Waals surface area contributed by atoms with E-state index >= 15 is 0 Å². The van der Waals surface area contributed by atoms with Crippen LogP contribution in [0.4, 0.5) is 20.4 Å². The van der Waals surface area contributed by atoms with Gasteiger partial charge >= 0.3 is 0 Å². The number of nitrogens with zero attached hydrogens (tertiary/aromatic N) is 5. The van der Waals surface area contributed by atoms with Crippen LogP contribution in [0.3, 0.4) is 0 Å². The summed E-state index contributed by atoms with van der Waals surface area (Å²) in [4.78, 5) is 35.2. The Morgan fingerprint density at radius 1 is 1.00 bits per heavy atom. The van der Waals surface area contributed by atoms with Crippen LogP contribution in [0.25, 0.3) is 5.69 Å². The number of hydrogen-bond donors (Lipinski definition) is 0. The number of amides is 2. The number of benzene rings is 2. The van der Waals surface area contributed by atoms with Gasteiger partial charge in [0, 0.05) is 57.2 Å². The quantitative estimate of drug-likeness (QED) is 0.612. The number of rotatable bonds is 4. The highest BCUT2D eigenvalue weighted by molar-refractivity contribution is 6.00. The standard InChI is InChI=1S/C24H23F2N5O2/c25-18-4-3-5-19(15-18)31-16-17(14-22(31)32)23(33)28-10-12-29(13-11-28)24-27-8-9-30(24)21-7-2-1-6-20(21)26/h1-9,15,17H,10-14,16H2. The van der Waals surface area contributed by atoms with Crippen LogP contribution in [0.15, 0.2) is 60.9 Å². The summed E-state index contributed by atoms with van der Waals surface area (Å²) >= 11 is 0. The molecule has 33 heavy (non-hydrogen) atoms. The van der Waals surface area contributed by atoms with Gasteiger partial charge in [0.1, 0.15) is 11.6 Å². The number of hydrogen-bond acceptors (Lipinski definition) is 4. The normalized spacial score (nSPS) is 18.8. The van der Waals surface area contributed by atoms with E-state index in [1.165, 1.54) is 23.1 Å². The molecule has 2 aliphatic heterocycles. The Morgan fingerprint density at radius 3 is 2.55 bits per heavy atom. The summed E-state index contributed by atoms with van der Waals surface area (Å²) in [6.07, 6.45) is 3.47. The summed E-state index contributed by atoms with van der Waals surface area (Å²) in [5.74, 6) is -0.823. The molecular weight excluding hydrogens is 428 g/mol. The second-order valence-corrected chi connectivity index (χ2v) is 8.25. The van der Waals surface area contributed by atoms with Crippen molar-refractivity contribution in [3.8, 4) is 5.69 Å². The number of carbonyl (C=O) groups is 2. The average Bonchev–Trinajstić information content (AvgIpc) is 3.46. The summed E-state index contributed by atoms with van der Waals surface area (Å²) in [7, 11) is 0. The first-order valence-electron chi connectivity index (χ1n) is 10.9. The van der Waals surface area contributed by atoms with Crippen molar-refractivity contribution in [2.24, 2.45) is 5.92 Å². The molecule has 2 saturated heterocycles. The number of aromatic nitrogens is 2. The van der Waals surface area contributed by atoms with Crippen LogP contribution in [0.5, 0.6) is 0 Å². The Labute approximate surface area is 189 Å². The van der Waals surface area contributed by atoms with Crippen molar-refractivity contribution in [3.63, 3.8) is 0 Å². The zero-order chi connectivity index (χ0) is 22.9. The molecule has 3 aromatic rings. The Morgan fingerprint density at radius 2 is 1.79 bits per heavy atom. The molecule has 1 unspecified atom stereocenters. The molecule has 1 atom stereocenters. The number of para-hydroxylation sites is 1. The van der Waals surface area contributed by atoms with E-state index in [0.29, 0.717) is 43.5 Å². The van der Waals surface area contributed by atoms with E-state index in [1.54, 1.807) is 52.2 Å². The fourth-order valence-corrected chi connectivity index (χ4v) is 4.52. The maximum atomic E-state index is 14.3. The third-order valence-corrected chi connectivity index (χ3v) is 6.20. The third-order valence-electron chi connectivity index (χ3n) is 6.20. The van der Waals surface area contributed by atoms with Gasteiger partial charge in [-0.3, -0.25) is 14.2 Å². The maximum absolute atomic E-state index is 14.3. The molecule has 0 aliphatic carbocycles. The van der Waals surface area contributed by atoms with Gasteiger partial charge in [0.25, 0.3) is 0 Å². The first kappa shape index (κ1) is 21.1. The molecule has 3 heterocycles. The zero-order valence-electron chi connectivity index (χ0n) is 17.9. The van der Waals surface area contributed by atoms with Gasteiger partial charge in [0.15, 0.2) is 0 Å². The lowest BCUT2D eigenvalue weighted by molar-refractivity contribution is -0.136. The average molecular weight is 451 g/mol. The molecule has 170 valence electrons. The van der Waals surface area contributed by atoms with Crippen molar-refractivity contribution in [2.45, 2.75) is 6.42 Å². The number of halogens is 2. The van der Waals surface area contributed by atoms with Gasteiger partial charge in [0.2, 0.25) is 17.8 Å². The van der Waals surface area contributed by atoms with E-state index < -0.39 is 11.7 Å². The molecule has 2 aliphatic rings. The van der Waals surface area contributed by atoms with Crippen LogP contribution in [0.2, 0.25) is 0 Å². The Balaban J connectivity index is 1.24. The molecule has 5 rings (SSSR count). The van der Waals surface area contributed by atoms with Crippen LogP contribution in [-0.4, -0.2) is 59.0 Å². The molecule has 0 N–H and O–H groups in total. The highest BCUT2D eigenvalue weighted by atomic mass is 19.1. The van der Waals surface area contributed by atoms with Crippen LogP contribution in [0.1, 0.15) is 6.42 Å². The van der Waals surface area contributed by atoms with Crippen LogP contribution < -0.4 is 9.80 Å². The number of carbonyl (C=O) groups excluding carboxylic acids is 2. The predicted octanol–water partition coefficient (Wildman–Crippen LogP) is 2.85. The third kappa shape index (κ3) is 4.06. The van der Waals surface area contributed by atoms with Gasteiger partial charge in [-0.15, -0.1) is 0 Å². The van der Waals surface area contributed by atoms with Gasteiger partial charge in [-0.1, -0.05) is 18.2 Å². The van der Waals surface area contributed by atoms with E-state index in [4.69, 9.17) is 0 Å². The van der Waals surface area contributed by atoms with Crippen LogP contribution >= 0.6 is 0 Å². The smallest absolute Gasteiger partial charge is 0.228 e. The molecule has 2 fully saturated rings. The summed E-state index contributed by atoms with van der Waals surface area (Å²) in [6.45, 7) is 2.30. The summed E-state index contributed by atoms with van der Waals surface area (Å²) in [6, 6.07) is 12.4. The molecule has 0 saturated carbocycles. The van der Waals surface area contributed by atoms with Gasteiger partial charge in [-0.25, -0.2) is 13.8 Å². The number of piperazine rings is 1. The van der Waals surface area contributed by atoms with Gasteiger partial charge in [-0.05, 0) is 30.3 Å². The highest BCUT2D eigenvalue weighted by Crippen LogP contribution is 2.28. The highest BCUT2D eigenvalue weighted by Gasteiger charge is 2.38. The van der Waals surface area contributed by atoms with E-state index in [0.717, 1.165) is 0 Å². The summed E-state index contributed by atoms with van der Waals surface area (Å²) in [5, 5.41) is 0. The Kier molecular flexibility index (Phi) is 5.53. The number of imidazole rings is 1. The molecule has 7 nitrogen and oxygen atoms in total. The molecule has 0 spiro atoms. The zero-order valence-corrected chi connectivity index (χ0v) is 17.9. The number of anilines is 2. The predicted molar refractivity (Wildman–Crippen MR) is 119 cm³/mol. The van der Waals surface area contributed by atoms with Gasteiger partial charge < -0.3 is 14.7 Å². The Bertz CT molecular complexity index is 1190. The largest absolute Gasteiger partial charge is 0.339 e. The topological polar surface area (TPSA) is 61.7 Å². The second kappa shape index (κ2) is 8.65. The van der Waals surface area contributed by atoms with Crippen LogP contribution in [0, 0.1) is 17.6 Å². The second-order valence-electron chi connectivity index (χ2n) is 8.25. The monoisotopic (exact) mass is 451 g/mol. The lowest BCUT2D eigenvalue weighted by Gasteiger charge is -2.36. The Hall–Kier alpha value is -3.75. The molecule has 0 bridgehead atoms. The van der Waals surface area contributed by atoms with Gasteiger partial charge in [-0.2, -0.15) is 0 Å². The summed E-state index contributed by atoms with van der Waals surface area (Å²) in [5.41, 5.74) is 0.894. The van der Waals surface area contributed by atoms with Crippen molar-refractivity contribution in [3.05, 3.63) is 72.6 Å². The van der Waals surface area contributed by atoms with E-state index in [-0.39, 0.29) is 30.6 Å². The molecule has 0 radical (unpaired) electrons. The summed E-state index contributed by atoms with van der Waals surface area (Å²) < 4.78 is 29.5. The van der Waals surface area contributed by atoms with Crippen molar-refractivity contribution >= 4 is 23.5 Å². The molecule has 9 heteroatoms. The lowest BCUT2D eigenvalue weighted by Crippen LogP contribution is -2.51. The minimum Gasteiger partial charge on any atom is -0.339 e. The van der Waals surface area contributed by atoms with Crippen LogP contribution in [-0.2, 0) is 9.59 Å². The molecule has 1 aromatic heterocycles.